The van der Waals surface area contributed by atoms with Gasteiger partial charge in [-0.15, -0.1) is 0 Å². The Morgan fingerprint density at radius 1 is 1.17 bits per heavy atom. The molecule has 1 amide bonds. The van der Waals surface area contributed by atoms with Crippen molar-refractivity contribution in [2.24, 2.45) is 5.73 Å². The predicted octanol–water partition coefficient (Wildman–Crippen LogP) is 3.85. The number of aromatic amines is 1. The summed E-state index contributed by atoms with van der Waals surface area (Å²) < 4.78 is 28.2. The molecule has 0 aliphatic heterocycles. The van der Waals surface area contributed by atoms with Crippen molar-refractivity contribution in [3.8, 4) is 0 Å². The van der Waals surface area contributed by atoms with Crippen LogP contribution in [0.2, 0.25) is 0 Å². The molecule has 4 N–H and O–H groups in total. The highest BCUT2D eigenvalue weighted by atomic mass is 19.1. The normalized spacial score (nSPS) is 11.0. The number of amides is 1. The molecule has 0 fully saturated rings. The van der Waals surface area contributed by atoms with E-state index in [1.165, 1.54) is 12.1 Å². The Hall–Kier alpha value is -3.81. The van der Waals surface area contributed by atoms with Gasteiger partial charge in [0.05, 0.1) is 0 Å². The Morgan fingerprint density at radius 2 is 2.00 bits per heavy atom. The maximum atomic E-state index is 14.6. The largest absolute Gasteiger partial charge is 0.366 e. The zero-order valence-corrected chi connectivity index (χ0v) is 16.2. The number of benzene rings is 1. The monoisotopic (exact) mass is 407 g/mol. The number of hydrogen-bond donors (Lipinski definition) is 3. The van der Waals surface area contributed by atoms with Gasteiger partial charge in [0.1, 0.15) is 17.3 Å². The fourth-order valence-electron chi connectivity index (χ4n) is 3.29. The van der Waals surface area contributed by atoms with Crippen LogP contribution in [0.1, 0.15) is 32.6 Å². The Kier molecular flexibility index (Phi) is 5.14. The van der Waals surface area contributed by atoms with Gasteiger partial charge >= 0.3 is 0 Å². The Labute approximate surface area is 171 Å². The van der Waals surface area contributed by atoms with Gasteiger partial charge in [0, 0.05) is 41.9 Å². The third kappa shape index (κ3) is 4.12. The van der Waals surface area contributed by atoms with Gasteiger partial charge in [0.15, 0.2) is 0 Å². The summed E-state index contributed by atoms with van der Waals surface area (Å²) in [7, 11) is 0. The van der Waals surface area contributed by atoms with Crippen LogP contribution in [0.25, 0.3) is 11.0 Å². The van der Waals surface area contributed by atoms with E-state index in [-0.39, 0.29) is 12.1 Å². The summed E-state index contributed by atoms with van der Waals surface area (Å²) in [5.41, 5.74) is 8.93. The van der Waals surface area contributed by atoms with Gasteiger partial charge in [0.2, 0.25) is 11.9 Å². The highest BCUT2D eigenvalue weighted by Gasteiger charge is 2.11. The van der Waals surface area contributed by atoms with Crippen molar-refractivity contribution in [2.45, 2.75) is 19.9 Å². The molecule has 0 saturated carbocycles. The van der Waals surface area contributed by atoms with Crippen molar-refractivity contribution < 1.29 is 13.6 Å². The van der Waals surface area contributed by atoms with E-state index < -0.39 is 17.7 Å². The van der Waals surface area contributed by atoms with Crippen molar-refractivity contribution in [3.05, 3.63) is 88.4 Å². The number of hydrogen-bond acceptors (Lipinski definition) is 4. The number of nitrogens with two attached hydrogens (primary N) is 1. The van der Waals surface area contributed by atoms with E-state index in [1.807, 2.05) is 19.2 Å². The lowest BCUT2D eigenvalue weighted by atomic mass is 10.1. The second kappa shape index (κ2) is 7.90. The van der Waals surface area contributed by atoms with Crippen LogP contribution in [0.4, 0.5) is 14.6 Å². The molecule has 0 radical (unpaired) electrons. The number of rotatable bonds is 6. The standard InChI is InChI=1S/C22H19F2N5O/c1-12-4-18-16(11-28-22(18)27-9-12)7-14-2-3-19(29-20(14)24)26-10-13-5-15(21(25)30)8-17(23)6-13/h2-6,8-9,11H,7,10H2,1H3,(H2,25,30)(H,26,29)(H,27,28). The van der Waals surface area contributed by atoms with E-state index in [2.05, 4.69) is 20.3 Å². The molecule has 8 heteroatoms. The predicted molar refractivity (Wildman–Crippen MR) is 110 cm³/mol. The van der Waals surface area contributed by atoms with Crippen LogP contribution in [0.3, 0.4) is 0 Å². The molecule has 3 heterocycles. The summed E-state index contributed by atoms with van der Waals surface area (Å²) in [6.07, 6.45) is 3.97. The van der Waals surface area contributed by atoms with Gasteiger partial charge in [-0.2, -0.15) is 4.39 Å². The molecule has 0 unspecified atom stereocenters. The quantitative estimate of drug-likeness (QED) is 0.423. The molecule has 4 rings (SSSR count). The zero-order valence-electron chi connectivity index (χ0n) is 16.2. The zero-order chi connectivity index (χ0) is 21.3. The lowest BCUT2D eigenvalue weighted by Crippen LogP contribution is -2.12. The fourth-order valence-corrected chi connectivity index (χ4v) is 3.29. The number of nitrogens with zero attached hydrogens (tertiary/aromatic N) is 2. The molecule has 0 aliphatic rings. The molecule has 0 spiro atoms. The number of aromatic nitrogens is 3. The smallest absolute Gasteiger partial charge is 0.248 e. The highest BCUT2D eigenvalue weighted by Crippen LogP contribution is 2.22. The first-order valence-electron chi connectivity index (χ1n) is 9.30. The first kappa shape index (κ1) is 19.5. The van der Waals surface area contributed by atoms with Crippen LogP contribution >= 0.6 is 0 Å². The third-order valence-corrected chi connectivity index (χ3v) is 4.78. The molecule has 0 bridgehead atoms. The van der Waals surface area contributed by atoms with Crippen molar-refractivity contribution >= 4 is 22.8 Å². The van der Waals surface area contributed by atoms with E-state index >= 15 is 0 Å². The number of aryl methyl sites for hydroxylation is 1. The van der Waals surface area contributed by atoms with Crippen LogP contribution in [0, 0.1) is 18.7 Å². The van der Waals surface area contributed by atoms with Crippen molar-refractivity contribution in [3.63, 3.8) is 0 Å². The van der Waals surface area contributed by atoms with Gasteiger partial charge in [-0.05, 0) is 53.9 Å². The second-order valence-corrected chi connectivity index (χ2v) is 7.11. The average molecular weight is 407 g/mol. The SMILES string of the molecule is Cc1cnc2[nH]cc(Cc3ccc(NCc4cc(F)cc(C(N)=O)c4)nc3F)c2c1. The first-order valence-corrected chi connectivity index (χ1v) is 9.30. The fraction of sp³-hybridized carbons (Fsp3) is 0.136. The summed E-state index contributed by atoms with van der Waals surface area (Å²) >= 11 is 0. The van der Waals surface area contributed by atoms with Gasteiger partial charge in [0.25, 0.3) is 0 Å². The number of H-pyrrole nitrogens is 1. The van der Waals surface area contributed by atoms with E-state index in [4.69, 9.17) is 5.73 Å². The molecule has 152 valence electrons. The molecule has 0 aliphatic carbocycles. The maximum Gasteiger partial charge on any atom is 0.248 e. The van der Waals surface area contributed by atoms with Gasteiger partial charge in [-0.1, -0.05) is 6.07 Å². The summed E-state index contributed by atoms with van der Waals surface area (Å²) in [4.78, 5) is 22.6. The van der Waals surface area contributed by atoms with Crippen molar-refractivity contribution in [2.75, 3.05) is 5.32 Å². The summed E-state index contributed by atoms with van der Waals surface area (Å²) in [5, 5.41) is 3.88. The van der Waals surface area contributed by atoms with E-state index in [0.717, 1.165) is 28.2 Å². The van der Waals surface area contributed by atoms with E-state index in [1.54, 1.807) is 18.3 Å². The summed E-state index contributed by atoms with van der Waals surface area (Å²) in [6, 6.07) is 9.15. The Bertz CT molecular complexity index is 1250. The van der Waals surface area contributed by atoms with Crippen LogP contribution < -0.4 is 11.1 Å². The Balaban J connectivity index is 1.49. The van der Waals surface area contributed by atoms with Crippen molar-refractivity contribution in [1.82, 2.24) is 15.0 Å². The number of pyridine rings is 2. The third-order valence-electron chi connectivity index (χ3n) is 4.78. The number of halogens is 2. The lowest BCUT2D eigenvalue weighted by Gasteiger charge is -2.09. The molecule has 0 saturated heterocycles. The minimum atomic E-state index is -0.716. The van der Waals surface area contributed by atoms with E-state index in [0.29, 0.717) is 23.4 Å². The van der Waals surface area contributed by atoms with Crippen LogP contribution in [-0.4, -0.2) is 20.9 Å². The topological polar surface area (TPSA) is 96.7 Å². The van der Waals surface area contributed by atoms with Crippen LogP contribution in [0.5, 0.6) is 0 Å². The number of carbonyl (C=O) groups excluding carboxylic acids is 1. The molecule has 3 aromatic heterocycles. The molecular weight excluding hydrogens is 388 g/mol. The van der Waals surface area contributed by atoms with Crippen LogP contribution in [-0.2, 0) is 13.0 Å². The number of primary amides is 1. The number of fused-ring (bicyclic) bond motifs is 1. The molecule has 4 aromatic rings. The molecule has 0 atom stereocenters. The first-order chi connectivity index (χ1) is 14.4. The van der Waals surface area contributed by atoms with Gasteiger partial charge < -0.3 is 16.0 Å². The van der Waals surface area contributed by atoms with Crippen LogP contribution in [0.15, 0.2) is 48.8 Å². The lowest BCUT2D eigenvalue weighted by molar-refractivity contribution is 0.0999. The number of nitrogens with one attached hydrogen (secondary N) is 2. The minimum absolute atomic E-state index is 0.0738. The minimum Gasteiger partial charge on any atom is -0.366 e. The molecular formula is C22H19F2N5O. The van der Waals surface area contributed by atoms with Gasteiger partial charge in [-0.3, -0.25) is 4.79 Å². The Morgan fingerprint density at radius 3 is 2.77 bits per heavy atom. The molecule has 30 heavy (non-hydrogen) atoms. The summed E-state index contributed by atoms with van der Waals surface area (Å²) in [5.74, 6) is -1.57. The summed E-state index contributed by atoms with van der Waals surface area (Å²) in [6.45, 7) is 2.12. The maximum absolute atomic E-state index is 14.6. The van der Waals surface area contributed by atoms with Gasteiger partial charge in [-0.25, -0.2) is 14.4 Å². The van der Waals surface area contributed by atoms with E-state index in [9.17, 15) is 13.6 Å². The molecule has 6 nitrogen and oxygen atoms in total. The average Bonchev–Trinajstić information content (AvgIpc) is 3.09. The van der Waals surface area contributed by atoms with Crippen molar-refractivity contribution in [1.29, 1.82) is 0 Å². The second-order valence-electron chi connectivity index (χ2n) is 7.11. The molecule has 1 aromatic carbocycles. The number of anilines is 1. The number of carbonyl (C=O) groups is 1. The highest BCUT2D eigenvalue weighted by molar-refractivity contribution is 5.93.